The minimum Gasteiger partial charge on any atom is -0.491 e. The van der Waals surface area contributed by atoms with Gasteiger partial charge in [-0.15, -0.1) is 13.2 Å². The molecule has 1 N–H and O–H groups in total. The Morgan fingerprint density at radius 2 is 1.69 bits per heavy atom. The summed E-state index contributed by atoms with van der Waals surface area (Å²) >= 11 is 0.926. The monoisotopic (exact) mass is 593 g/mol. The number of ether oxygens (including phenoxy) is 3. The molecule has 2 aromatic rings. The third kappa shape index (κ3) is 10.1. The largest absolute Gasteiger partial charge is 0.573 e. The highest BCUT2D eigenvalue weighted by Gasteiger charge is 2.32. The van der Waals surface area contributed by atoms with Crippen LogP contribution < -0.4 is 14.8 Å². The highest BCUT2D eigenvalue weighted by atomic mass is 32.2. The topological polar surface area (TPSA) is 119 Å². The van der Waals surface area contributed by atoms with E-state index in [1.54, 1.807) is 38.1 Å². The molecule has 1 aliphatic heterocycles. The first kappa shape index (κ1) is 30.9. The van der Waals surface area contributed by atoms with E-state index in [0.717, 1.165) is 29.5 Å². The number of amides is 2. The van der Waals surface area contributed by atoms with Gasteiger partial charge in [-0.05, 0) is 55.7 Å². The van der Waals surface area contributed by atoms with Crippen LogP contribution in [0.2, 0.25) is 0 Å². The molecule has 0 saturated carbocycles. The summed E-state index contributed by atoms with van der Waals surface area (Å²) in [5.41, 5.74) is 1.07. The molecule has 1 heterocycles. The molecule has 0 aliphatic carbocycles. The molecule has 3 rings (SSSR count). The summed E-state index contributed by atoms with van der Waals surface area (Å²) in [6, 6.07) is 11.9. The van der Waals surface area contributed by atoms with Gasteiger partial charge in [0.25, 0.3) is 5.24 Å². The molecule has 2 aromatic carbocycles. The molecular weight excluding hydrogens is 566 g/mol. The minimum atomic E-state index is -4.89. The zero-order chi connectivity index (χ0) is 28.5. The third-order valence-electron chi connectivity index (χ3n) is 5.03. The van der Waals surface area contributed by atoms with Gasteiger partial charge in [-0.25, -0.2) is 4.57 Å². The number of rotatable bonds is 15. The van der Waals surface area contributed by atoms with Crippen LogP contribution in [-0.2, 0) is 34.1 Å². The number of benzene rings is 2. The first-order valence-electron chi connectivity index (χ1n) is 11.7. The average Bonchev–Trinajstić information content (AvgIpc) is 3.17. The molecule has 0 aromatic heterocycles. The minimum absolute atomic E-state index is 0.0526. The predicted octanol–water partition coefficient (Wildman–Crippen LogP) is 5.77. The van der Waals surface area contributed by atoms with E-state index in [2.05, 4.69) is 10.1 Å². The van der Waals surface area contributed by atoms with Gasteiger partial charge in [0, 0.05) is 0 Å². The summed E-state index contributed by atoms with van der Waals surface area (Å²) in [7, 11) is -3.90. The fourth-order valence-electron chi connectivity index (χ4n) is 3.39. The van der Waals surface area contributed by atoms with Gasteiger partial charge in [0.1, 0.15) is 24.2 Å². The zero-order valence-electron chi connectivity index (χ0n) is 21.0. The lowest BCUT2D eigenvalue weighted by Gasteiger charge is -2.22. The quantitative estimate of drug-likeness (QED) is 0.201. The van der Waals surface area contributed by atoms with Gasteiger partial charge in [-0.2, -0.15) is 0 Å². The van der Waals surface area contributed by atoms with Gasteiger partial charge in [-0.1, -0.05) is 36.0 Å². The van der Waals surface area contributed by atoms with Crippen molar-refractivity contribution in [3.8, 4) is 11.5 Å². The Morgan fingerprint density at radius 3 is 2.28 bits per heavy atom. The van der Waals surface area contributed by atoms with E-state index in [-0.39, 0.29) is 36.5 Å². The van der Waals surface area contributed by atoms with Crippen molar-refractivity contribution in [2.45, 2.75) is 38.0 Å². The molecule has 214 valence electrons. The van der Waals surface area contributed by atoms with Crippen molar-refractivity contribution in [3.63, 3.8) is 0 Å². The van der Waals surface area contributed by atoms with Gasteiger partial charge in [0.2, 0.25) is 5.91 Å². The van der Waals surface area contributed by atoms with E-state index in [0.29, 0.717) is 12.2 Å². The van der Waals surface area contributed by atoms with E-state index in [9.17, 15) is 27.3 Å². The van der Waals surface area contributed by atoms with Crippen molar-refractivity contribution in [2.24, 2.45) is 0 Å². The van der Waals surface area contributed by atoms with Gasteiger partial charge < -0.3 is 14.2 Å². The highest BCUT2D eigenvalue weighted by Crippen LogP contribution is 2.49. The lowest BCUT2D eigenvalue weighted by Crippen LogP contribution is -2.25. The van der Waals surface area contributed by atoms with Crippen LogP contribution in [0.3, 0.4) is 0 Å². The Morgan fingerprint density at radius 1 is 1.00 bits per heavy atom. The Hall–Kier alpha value is -2.61. The SMILES string of the molecule is CCOP(=O)(OCC)OCOC(COc1ccc(CC2SC(=O)NC2=O)cc1)c1cccc(OC(F)(F)F)c1. The fraction of sp³-hybridized carbons (Fsp3) is 0.417. The van der Waals surface area contributed by atoms with Crippen LogP contribution in [0.5, 0.6) is 11.5 Å². The molecule has 0 spiro atoms. The maximum absolute atomic E-state index is 12.7. The van der Waals surface area contributed by atoms with Gasteiger partial charge in [0.15, 0.2) is 6.79 Å². The number of hydrogen-bond donors (Lipinski definition) is 1. The highest BCUT2D eigenvalue weighted by molar-refractivity contribution is 8.15. The van der Waals surface area contributed by atoms with Crippen LogP contribution in [0.1, 0.15) is 31.1 Å². The number of thioether (sulfide) groups is 1. The van der Waals surface area contributed by atoms with Gasteiger partial charge >= 0.3 is 14.2 Å². The van der Waals surface area contributed by atoms with E-state index in [4.69, 9.17) is 23.0 Å². The molecule has 39 heavy (non-hydrogen) atoms. The summed E-state index contributed by atoms with van der Waals surface area (Å²) in [5.74, 6) is -0.396. The van der Waals surface area contributed by atoms with Gasteiger partial charge in [0.05, 0.1) is 18.5 Å². The molecule has 2 unspecified atom stereocenters. The lowest BCUT2D eigenvalue weighted by atomic mass is 10.1. The van der Waals surface area contributed by atoms with Crippen molar-refractivity contribution in [1.29, 1.82) is 0 Å². The van der Waals surface area contributed by atoms with E-state index in [1.807, 2.05) is 0 Å². The Kier molecular flexibility index (Phi) is 11.2. The second kappa shape index (κ2) is 14.1. The van der Waals surface area contributed by atoms with Crippen molar-refractivity contribution in [3.05, 3.63) is 59.7 Å². The zero-order valence-corrected chi connectivity index (χ0v) is 22.7. The molecule has 15 heteroatoms. The van der Waals surface area contributed by atoms with Crippen LogP contribution in [-0.4, -0.2) is 49.4 Å². The van der Waals surface area contributed by atoms with E-state index in [1.165, 1.54) is 12.1 Å². The average molecular weight is 594 g/mol. The maximum Gasteiger partial charge on any atom is 0.573 e. The molecule has 10 nitrogen and oxygen atoms in total. The summed E-state index contributed by atoms with van der Waals surface area (Å²) in [4.78, 5) is 23.1. The normalized spacial score (nSPS) is 16.7. The standard InChI is InChI=1S/C24H27F3NO9PS/c1-3-34-38(31,35-4-2)36-15-33-20(17-6-5-7-19(13-17)37-24(25,26)27)14-32-18-10-8-16(9-11-18)12-21-22(29)28-23(30)39-21/h5-11,13,20-21H,3-4,12,14-15H2,1-2H3,(H,28,29,30). The summed E-state index contributed by atoms with van der Waals surface area (Å²) in [5, 5.41) is 1.33. The second-order valence-electron chi connectivity index (χ2n) is 7.85. The van der Waals surface area contributed by atoms with Crippen molar-refractivity contribution in [2.75, 3.05) is 26.6 Å². The van der Waals surface area contributed by atoms with Crippen molar-refractivity contribution in [1.82, 2.24) is 5.32 Å². The number of phosphoric acid groups is 1. The van der Waals surface area contributed by atoms with Crippen LogP contribution in [0.4, 0.5) is 18.0 Å². The number of carbonyl (C=O) groups excluding carboxylic acids is 2. The van der Waals surface area contributed by atoms with Crippen LogP contribution in [0, 0.1) is 0 Å². The van der Waals surface area contributed by atoms with Crippen molar-refractivity contribution < 1.29 is 55.1 Å². The predicted molar refractivity (Wildman–Crippen MR) is 134 cm³/mol. The smallest absolute Gasteiger partial charge is 0.491 e. The third-order valence-corrected chi connectivity index (χ3v) is 7.58. The van der Waals surface area contributed by atoms with Crippen LogP contribution in [0.25, 0.3) is 0 Å². The molecule has 2 atom stereocenters. The molecule has 1 aliphatic rings. The van der Waals surface area contributed by atoms with E-state index < -0.39 is 38.1 Å². The molecule has 1 fully saturated rings. The number of hydrogen-bond acceptors (Lipinski definition) is 10. The first-order chi connectivity index (χ1) is 18.5. The molecule has 0 bridgehead atoms. The number of phosphoric ester groups is 1. The second-order valence-corrected chi connectivity index (χ2v) is 10.7. The lowest BCUT2D eigenvalue weighted by molar-refractivity contribution is -0.274. The Bertz CT molecular complexity index is 1160. The molecular formula is C24H27F3NO9PS. The maximum atomic E-state index is 12.7. The first-order valence-corrected chi connectivity index (χ1v) is 14.1. The Labute approximate surface area is 227 Å². The number of nitrogens with one attached hydrogen (secondary N) is 1. The van der Waals surface area contributed by atoms with Crippen LogP contribution >= 0.6 is 19.6 Å². The fourth-order valence-corrected chi connectivity index (χ4v) is 5.30. The Balaban J connectivity index is 1.68. The number of imide groups is 1. The van der Waals surface area contributed by atoms with E-state index >= 15 is 0 Å². The molecule has 2 amide bonds. The molecule has 1 saturated heterocycles. The number of halogens is 3. The summed E-state index contributed by atoms with van der Waals surface area (Å²) in [6.07, 6.45) is -5.51. The van der Waals surface area contributed by atoms with Crippen LogP contribution in [0.15, 0.2) is 48.5 Å². The number of carbonyl (C=O) groups is 2. The summed E-state index contributed by atoms with van der Waals surface area (Å²) in [6.45, 7) is 2.57. The number of alkyl halides is 3. The summed E-state index contributed by atoms with van der Waals surface area (Å²) < 4.78 is 81.4. The van der Waals surface area contributed by atoms with Gasteiger partial charge in [-0.3, -0.25) is 28.5 Å². The van der Waals surface area contributed by atoms with Crippen molar-refractivity contribution >= 4 is 30.7 Å². The molecule has 0 radical (unpaired) electrons.